The zero-order chi connectivity index (χ0) is 14.3. The average molecular weight is 859 g/mol. The van der Waals surface area contributed by atoms with Crippen molar-refractivity contribution in [3.8, 4) is 0 Å². The van der Waals surface area contributed by atoms with Gasteiger partial charge in [0.1, 0.15) is 0 Å². The van der Waals surface area contributed by atoms with Crippen molar-refractivity contribution in [1.82, 2.24) is 0 Å². The van der Waals surface area contributed by atoms with Gasteiger partial charge in [-0.2, -0.15) is 0 Å². The minimum atomic E-state index is -4.01. The second-order valence-corrected chi connectivity index (χ2v) is 5.07. The molecule has 0 aromatic heterocycles. The third-order valence-corrected chi connectivity index (χ3v) is 0. The van der Waals surface area contributed by atoms with Crippen molar-refractivity contribution in [2.24, 2.45) is 0 Å². The summed E-state index contributed by atoms with van der Waals surface area (Å²) in [5, 5.41) is 0. The molecule has 116 valence electrons. The van der Waals surface area contributed by atoms with Crippen LogP contribution in [0.1, 0.15) is 0 Å². The van der Waals surface area contributed by atoms with Crippen molar-refractivity contribution in [1.29, 1.82) is 0 Å². The van der Waals surface area contributed by atoms with E-state index < -0.39 is 84.3 Å². The maximum atomic E-state index is 8.57. The molecule has 0 aromatic carbocycles. The molecule has 0 spiro atoms. The van der Waals surface area contributed by atoms with Crippen molar-refractivity contribution in [3.63, 3.8) is 0 Å². The van der Waals surface area contributed by atoms with Crippen LogP contribution in [0.3, 0.4) is 0 Å². The predicted octanol–water partition coefficient (Wildman–Crippen LogP) is -32.2. The molecule has 0 amide bonds. The van der Waals surface area contributed by atoms with Crippen LogP contribution in [-0.4, -0.2) is 0 Å². The minimum Gasteiger partial charge on any atom is -1.00 e. The fraction of sp³-hybridized carbons (Fsp3) is 0. The summed E-state index contributed by atoms with van der Waals surface area (Å²) >= 11 is -16.1. The summed E-state index contributed by atoms with van der Waals surface area (Å²) < 4.78 is 103. The molecule has 0 N–H and O–H groups in total. The van der Waals surface area contributed by atoms with Crippen LogP contribution in [-0.2, 0) is 19.5 Å². The van der Waals surface area contributed by atoms with E-state index >= 15 is 0 Å². The van der Waals surface area contributed by atoms with Crippen molar-refractivity contribution in [3.05, 3.63) is 0 Å². The fourth-order valence-electron chi connectivity index (χ4n) is 0. The van der Waals surface area contributed by atoms with Gasteiger partial charge in [0.15, 0.2) is 0 Å². The van der Waals surface area contributed by atoms with Crippen LogP contribution in [0.25, 0.3) is 0 Å². The molecule has 0 saturated heterocycles. The summed E-state index contributed by atoms with van der Waals surface area (Å²) in [5.74, 6) is 0. The Hall–Kier alpha value is 4.35. The third kappa shape index (κ3) is 489. The van der Waals surface area contributed by atoms with Gasteiger partial charge in [-0.25, -0.2) is 0 Å². The molecular formula is ClI4NaO12Ru. The Labute approximate surface area is 183 Å². The summed E-state index contributed by atoms with van der Waals surface area (Å²) in [6.07, 6.45) is 0. The van der Waals surface area contributed by atoms with Gasteiger partial charge in [0.25, 0.3) is 84.3 Å². The molecule has 0 aliphatic heterocycles. The zero-order valence-corrected chi connectivity index (χ0v) is 21.3. The first-order valence-electron chi connectivity index (χ1n) is 1.85. The first kappa shape index (κ1) is 43.6. The van der Waals surface area contributed by atoms with E-state index in [2.05, 4.69) is 0 Å². The SMILES string of the molecule is [Cl-].[Na+].[O-][I+2]([O-])[O-].[O-][I+2]([O-])[O-].[O-][I+2]([O-])[O-].[O-][I+2]([O-])[O-].[Ru+4]. The van der Waals surface area contributed by atoms with Crippen molar-refractivity contribution in [2.45, 2.75) is 0 Å². The number of halogens is 5. The van der Waals surface area contributed by atoms with Crippen LogP contribution < -0.4 is 167 Å². The van der Waals surface area contributed by atoms with Gasteiger partial charge >= 0.3 is 49.0 Å². The number of rotatable bonds is 0. The van der Waals surface area contributed by atoms with Gasteiger partial charge in [0.2, 0.25) is 0 Å². The molecule has 0 bridgehead atoms. The number of hydrogen-bond acceptors (Lipinski definition) is 12. The van der Waals surface area contributed by atoms with E-state index in [0.29, 0.717) is 0 Å². The normalized spacial score (nSPS) is 7.58. The molecule has 0 aliphatic rings. The third-order valence-electron chi connectivity index (χ3n) is 0. The van der Waals surface area contributed by atoms with Crippen LogP contribution in [0.4, 0.5) is 0 Å². The van der Waals surface area contributed by atoms with Gasteiger partial charge in [-0.15, -0.1) is 0 Å². The van der Waals surface area contributed by atoms with E-state index in [-0.39, 0.29) is 61.4 Å². The summed E-state index contributed by atoms with van der Waals surface area (Å²) in [5.41, 5.74) is 0. The molecule has 0 saturated carbocycles. The van der Waals surface area contributed by atoms with Crippen molar-refractivity contribution in [2.75, 3.05) is 0 Å². The zero-order valence-electron chi connectivity index (χ0n) is 8.14. The Morgan fingerprint density at radius 2 is 0.368 bits per heavy atom. The topological polar surface area (TPSA) is 277 Å². The molecule has 12 nitrogen and oxygen atoms in total. The molecule has 19 heavy (non-hydrogen) atoms. The van der Waals surface area contributed by atoms with E-state index in [9.17, 15) is 0 Å². The fourth-order valence-corrected chi connectivity index (χ4v) is 0. The largest absolute Gasteiger partial charge is 4.00 e. The standard InChI is InChI=1S/ClH.4IO3.Na.Ru/c;4*2-1(3)4;;/h1H;;;;;;/q;4*-1;+1;+4/p-1. The van der Waals surface area contributed by atoms with E-state index in [0.717, 1.165) is 0 Å². The first-order chi connectivity index (χ1) is 6.93. The summed E-state index contributed by atoms with van der Waals surface area (Å²) in [7, 11) is 0. The smallest absolute Gasteiger partial charge is 1.00 e. The molecular weight excluding hydrogens is 859 g/mol. The Morgan fingerprint density at radius 1 is 0.368 bits per heavy atom. The quantitative estimate of drug-likeness (QED) is 0.162. The molecule has 0 radical (unpaired) electrons. The molecule has 0 atom stereocenters. The van der Waals surface area contributed by atoms with Gasteiger partial charge in [0.05, 0.1) is 0 Å². The van der Waals surface area contributed by atoms with Crippen LogP contribution in [0.2, 0.25) is 0 Å². The molecule has 0 aromatic rings. The average Bonchev–Trinajstić information content (AvgIpc) is 1.76. The minimum absolute atomic E-state index is 0. The van der Waals surface area contributed by atoms with Crippen LogP contribution >= 0.6 is 0 Å². The van der Waals surface area contributed by atoms with E-state index in [4.69, 9.17) is 41.2 Å². The van der Waals surface area contributed by atoms with Gasteiger partial charge in [-0.05, 0) is 0 Å². The van der Waals surface area contributed by atoms with Crippen LogP contribution in [0, 0.1) is 0 Å². The predicted molar refractivity (Wildman–Crippen MR) is 0 cm³/mol. The molecule has 0 fully saturated rings. The molecule has 0 unspecified atom stereocenters. The molecule has 0 rings (SSSR count). The molecule has 0 heterocycles. The van der Waals surface area contributed by atoms with Crippen molar-refractivity contribution >= 4 is 0 Å². The number of hydrogen-bond donors (Lipinski definition) is 0. The Kier molecular flexibility index (Phi) is 87.5. The molecule has 0 aliphatic carbocycles. The summed E-state index contributed by atoms with van der Waals surface area (Å²) in [4.78, 5) is 0. The first-order valence-corrected chi connectivity index (χ1v) is 12.4. The summed E-state index contributed by atoms with van der Waals surface area (Å²) in [6.45, 7) is 0. The second kappa shape index (κ2) is 38.1. The van der Waals surface area contributed by atoms with E-state index in [1.54, 1.807) is 0 Å². The molecule has 19 heteroatoms. The van der Waals surface area contributed by atoms with Crippen molar-refractivity contribution < 1.29 is 187 Å². The Balaban J connectivity index is -0.0000000192. The Morgan fingerprint density at radius 3 is 0.368 bits per heavy atom. The maximum Gasteiger partial charge on any atom is 4.00 e. The van der Waals surface area contributed by atoms with Gasteiger partial charge in [-0.1, -0.05) is 0 Å². The Bertz CT molecular complexity index is 72.7. The maximum absolute atomic E-state index is 8.57. The van der Waals surface area contributed by atoms with Crippen LogP contribution in [0.15, 0.2) is 0 Å². The monoisotopic (exact) mass is 859 g/mol. The van der Waals surface area contributed by atoms with E-state index in [1.165, 1.54) is 0 Å². The van der Waals surface area contributed by atoms with Gasteiger partial charge < -0.3 is 53.6 Å². The van der Waals surface area contributed by atoms with Crippen LogP contribution in [0.5, 0.6) is 0 Å². The second-order valence-electron chi connectivity index (χ2n) is 0.756. The van der Waals surface area contributed by atoms with Gasteiger partial charge in [0, 0.05) is 0 Å². The van der Waals surface area contributed by atoms with Gasteiger partial charge in [-0.3, -0.25) is 0 Å². The summed E-state index contributed by atoms with van der Waals surface area (Å²) in [6, 6.07) is 0. The van der Waals surface area contributed by atoms with E-state index in [1.807, 2.05) is 0 Å².